The van der Waals surface area contributed by atoms with Crippen molar-refractivity contribution >= 4 is 0 Å². The molecule has 1 saturated carbocycles. The molecule has 2 rings (SSSR count). The zero-order valence-corrected chi connectivity index (χ0v) is 11.4. The molecule has 1 saturated heterocycles. The van der Waals surface area contributed by atoms with E-state index in [9.17, 15) is 5.11 Å². The average molecular weight is 240 g/mol. The third kappa shape index (κ3) is 3.67. The minimum Gasteiger partial charge on any atom is -0.392 e. The SMILES string of the molecule is CC(C)N1CCC(N[C@@H]2CCCC[C@@H]2O)CC1. The van der Waals surface area contributed by atoms with Gasteiger partial charge >= 0.3 is 0 Å². The largest absolute Gasteiger partial charge is 0.392 e. The van der Waals surface area contributed by atoms with Gasteiger partial charge in [0.05, 0.1) is 6.10 Å². The summed E-state index contributed by atoms with van der Waals surface area (Å²) < 4.78 is 0. The summed E-state index contributed by atoms with van der Waals surface area (Å²) in [6, 6.07) is 1.67. The lowest BCUT2D eigenvalue weighted by Gasteiger charge is -2.38. The second-order valence-corrected chi connectivity index (χ2v) is 6.03. The van der Waals surface area contributed by atoms with Crippen molar-refractivity contribution in [3.63, 3.8) is 0 Å². The number of hydrogen-bond donors (Lipinski definition) is 2. The fraction of sp³-hybridized carbons (Fsp3) is 1.00. The highest BCUT2D eigenvalue weighted by Gasteiger charge is 2.27. The molecule has 2 N–H and O–H groups in total. The van der Waals surface area contributed by atoms with Crippen molar-refractivity contribution in [2.45, 2.75) is 76.6 Å². The molecular weight excluding hydrogens is 212 g/mol. The lowest BCUT2D eigenvalue weighted by atomic mass is 9.91. The zero-order valence-electron chi connectivity index (χ0n) is 11.4. The number of likely N-dealkylation sites (tertiary alicyclic amines) is 1. The van der Waals surface area contributed by atoms with E-state index in [1.54, 1.807) is 0 Å². The molecule has 2 aliphatic rings. The Balaban J connectivity index is 1.73. The van der Waals surface area contributed by atoms with Crippen molar-refractivity contribution in [2.24, 2.45) is 0 Å². The van der Waals surface area contributed by atoms with Gasteiger partial charge in [-0.15, -0.1) is 0 Å². The van der Waals surface area contributed by atoms with Crippen molar-refractivity contribution in [2.75, 3.05) is 13.1 Å². The molecule has 0 bridgehead atoms. The highest BCUT2D eigenvalue weighted by molar-refractivity contribution is 4.86. The van der Waals surface area contributed by atoms with Crippen LogP contribution < -0.4 is 5.32 Å². The van der Waals surface area contributed by atoms with Crippen LogP contribution >= 0.6 is 0 Å². The normalized spacial score (nSPS) is 33.2. The number of rotatable bonds is 3. The maximum absolute atomic E-state index is 9.97. The Kier molecular flexibility index (Phi) is 4.83. The smallest absolute Gasteiger partial charge is 0.0693 e. The Labute approximate surface area is 106 Å². The lowest BCUT2D eigenvalue weighted by molar-refractivity contribution is 0.0737. The summed E-state index contributed by atoms with van der Waals surface area (Å²) >= 11 is 0. The first kappa shape index (κ1) is 13.3. The number of hydrogen-bond acceptors (Lipinski definition) is 3. The summed E-state index contributed by atoms with van der Waals surface area (Å²) in [6.07, 6.45) is 6.99. The Morgan fingerprint density at radius 2 is 1.71 bits per heavy atom. The van der Waals surface area contributed by atoms with E-state index in [-0.39, 0.29) is 6.10 Å². The van der Waals surface area contributed by atoms with Gasteiger partial charge in [0.2, 0.25) is 0 Å². The molecule has 0 amide bonds. The van der Waals surface area contributed by atoms with Gasteiger partial charge in [-0.3, -0.25) is 0 Å². The molecule has 3 heteroatoms. The Bertz CT molecular complexity index is 224. The first-order valence-electron chi connectivity index (χ1n) is 7.35. The van der Waals surface area contributed by atoms with Gasteiger partial charge in [-0.1, -0.05) is 12.8 Å². The number of piperidine rings is 1. The third-order valence-electron chi connectivity index (χ3n) is 4.44. The standard InChI is InChI=1S/C14H28N2O/c1-11(2)16-9-7-12(8-10-16)15-13-5-3-4-6-14(13)17/h11-15,17H,3-10H2,1-2H3/t13-,14+/m1/s1. The third-order valence-corrected chi connectivity index (χ3v) is 4.44. The predicted octanol–water partition coefficient (Wildman–Crippen LogP) is 1.75. The summed E-state index contributed by atoms with van der Waals surface area (Å²) in [4.78, 5) is 2.55. The molecule has 17 heavy (non-hydrogen) atoms. The maximum Gasteiger partial charge on any atom is 0.0693 e. The summed E-state index contributed by atoms with van der Waals surface area (Å²) in [6.45, 7) is 6.97. The summed E-state index contributed by atoms with van der Waals surface area (Å²) in [5.74, 6) is 0. The lowest BCUT2D eigenvalue weighted by Crippen LogP contribution is -2.51. The Hall–Kier alpha value is -0.120. The van der Waals surface area contributed by atoms with Crippen LogP contribution in [-0.4, -0.2) is 47.3 Å². The summed E-state index contributed by atoms with van der Waals surface area (Å²) in [5.41, 5.74) is 0. The van der Waals surface area contributed by atoms with Gasteiger partial charge in [0.25, 0.3) is 0 Å². The summed E-state index contributed by atoms with van der Waals surface area (Å²) in [7, 11) is 0. The molecule has 2 atom stereocenters. The van der Waals surface area contributed by atoms with Gasteiger partial charge in [0.1, 0.15) is 0 Å². The monoisotopic (exact) mass is 240 g/mol. The minimum atomic E-state index is -0.105. The van der Waals surface area contributed by atoms with Crippen LogP contribution in [0.1, 0.15) is 52.4 Å². The van der Waals surface area contributed by atoms with E-state index in [1.807, 2.05) is 0 Å². The number of nitrogens with zero attached hydrogens (tertiary/aromatic N) is 1. The molecule has 1 aliphatic heterocycles. The van der Waals surface area contributed by atoms with Crippen molar-refractivity contribution in [1.82, 2.24) is 10.2 Å². The molecule has 0 unspecified atom stereocenters. The van der Waals surface area contributed by atoms with Crippen LogP contribution in [0.25, 0.3) is 0 Å². The second kappa shape index (κ2) is 6.17. The summed E-state index contributed by atoms with van der Waals surface area (Å²) in [5, 5.41) is 13.7. The number of aliphatic hydroxyl groups is 1. The van der Waals surface area contributed by atoms with Crippen LogP contribution in [0.4, 0.5) is 0 Å². The van der Waals surface area contributed by atoms with Gasteiger partial charge in [-0.2, -0.15) is 0 Å². The van der Waals surface area contributed by atoms with Crippen LogP contribution in [0, 0.1) is 0 Å². The molecule has 100 valence electrons. The van der Waals surface area contributed by atoms with E-state index >= 15 is 0 Å². The van der Waals surface area contributed by atoms with Crippen LogP contribution in [0.2, 0.25) is 0 Å². The fourth-order valence-corrected chi connectivity index (χ4v) is 3.19. The molecule has 0 spiro atoms. The van der Waals surface area contributed by atoms with Gasteiger partial charge < -0.3 is 15.3 Å². The van der Waals surface area contributed by atoms with Gasteiger partial charge in [-0.05, 0) is 52.6 Å². The van der Waals surface area contributed by atoms with Gasteiger partial charge in [0, 0.05) is 18.1 Å². The Morgan fingerprint density at radius 3 is 2.29 bits per heavy atom. The highest BCUT2D eigenvalue weighted by Crippen LogP contribution is 2.21. The zero-order chi connectivity index (χ0) is 12.3. The van der Waals surface area contributed by atoms with E-state index in [0.29, 0.717) is 18.1 Å². The van der Waals surface area contributed by atoms with E-state index in [2.05, 4.69) is 24.1 Å². The van der Waals surface area contributed by atoms with E-state index in [1.165, 1.54) is 38.8 Å². The highest BCUT2D eigenvalue weighted by atomic mass is 16.3. The Morgan fingerprint density at radius 1 is 1.06 bits per heavy atom. The fourth-order valence-electron chi connectivity index (χ4n) is 3.19. The van der Waals surface area contributed by atoms with Gasteiger partial charge in [-0.25, -0.2) is 0 Å². The van der Waals surface area contributed by atoms with Crippen LogP contribution in [0.5, 0.6) is 0 Å². The van der Waals surface area contributed by atoms with E-state index in [0.717, 1.165) is 12.8 Å². The molecule has 1 aliphatic carbocycles. The van der Waals surface area contributed by atoms with Crippen LogP contribution in [0.3, 0.4) is 0 Å². The molecule has 1 heterocycles. The van der Waals surface area contributed by atoms with Crippen LogP contribution in [-0.2, 0) is 0 Å². The topological polar surface area (TPSA) is 35.5 Å². The first-order chi connectivity index (χ1) is 8.16. The molecule has 0 aromatic carbocycles. The minimum absolute atomic E-state index is 0.105. The van der Waals surface area contributed by atoms with E-state index in [4.69, 9.17) is 0 Å². The van der Waals surface area contributed by atoms with Crippen molar-refractivity contribution in [3.05, 3.63) is 0 Å². The van der Waals surface area contributed by atoms with Crippen molar-refractivity contribution < 1.29 is 5.11 Å². The van der Waals surface area contributed by atoms with Crippen LogP contribution in [0.15, 0.2) is 0 Å². The van der Waals surface area contributed by atoms with Crippen molar-refractivity contribution in [3.8, 4) is 0 Å². The van der Waals surface area contributed by atoms with Crippen molar-refractivity contribution in [1.29, 1.82) is 0 Å². The molecule has 0 radical (unpaired) electrons. The number of nitrogens with one attached hydrogen (secondary N) is 1. The maximum atomic E-state index is 9.97. The quantitative estimate of drug-likeness (QED) is 0.789. The average Bonchev–Trinajstić information content (AvgIpc) is 2.33. The first-order valence-corrected chi connectivity index (χ1v) is 7.35. The second-order valence-electron chi connectivity index (χ2n) is 6.03. The van der Waals surface area contributed by atoms with E-state index < -0.39 is 0 Å². The molecule has 0 aromatic heterocycles. The molecule has 3 nitrogen and oxygen atoms in total. The van der Waals surface area contributed by atoms with Gasteiger partial charge in [0.15, 0.2) is 0 Å². The molecular formula is C14H28N2O. The molecule has 0 aromatic rings. The molecule has 2 fully saturated rings. The number of aliphatic hydroxyl groups excluding tert-OH is 1. The predicted molar refractivity (Wildman–Crippen MR) is 71.1 cm³/mol.